The number of nitrogens with zero attached hydrogens (tertiary/aromatic N) is 2. The van der Waals surface area contributed by atoms with Crippen LogP contribution < -0.4 is 0 Å². The van der Waals surface area contributed by atoms with Crippen LogP contribution in [-0.4, -0.2) is 9.55 Å². The second-order valence-electron chi connectivity index (χ2n) is 2.32. The van der Waals surface area contributed by atoms with Crippen molar-refractivity contribution in [2.45, 2.75) is 6.54 Å². The van der Waals surface area contributed by atoms with Crippen LogP contribution in [-0.2, 0) is 6.54 Å². The molecule has 56 valence electrons. The molecule has 0 aliphatic rings. The maximum atomic E-state index is 4.01. The molecule has 0 radical (unpaired) electrons. The number of rotatable bonds is 2. The van der Waals surface area contributed by atoms with Gasteiger partial charge in [0.2, 0.25) is 0 Å². The molecule has 0 spiro atoms. The van der Waals surface area contributed by atoms with Gasteiger partial charge in [0.1, 0.15) is 0 Å². The molecule has 0 unspecified atom stereocenters. The molecule has 3 heteroatoms. The smallest absolute Gasteiger partial charge is 0.0794 e. The van der Waals surface area contributed by atoms with E-state index in [2.05, 4.69) is 21.9 Å². The van der Waals surface area contributed by atoms with E-state index in [0.717, 1.165) is 6.54 Å². The van der Waals surface area contributed by atoms with E-state index >= 15 is 0 Å². The second-order valence-corrected chi connectivity index (χ2v) is 3.29. The first-order chi connectivity index (χ1) is 5.45. The Kier molecular flexibility index (Phi) is 1.73. The summed E-state index contributed by atoms with van der Waals surface area (Å²) in [6.45, 7) is 0.942. The van der Waals surface area contributed by atoms with Crippen molar-refractivity contribution in [1.29, 1.82) is 0 Å². The topological polar surface area (TPSA) is 17.8 Å². The molecule has 2 nitrogen and oxygen atoms in total. The lowest BCUT2D eigenvalue weighted by Crippen LogP contribution is -1.92. The summed E-state index contributed by atoms with van der Waals surface area (Å²) in [5.74, 6) is 0. The lowest BCUT2D eigenvalue weighted by molar-refractivity contribution is 0.817. The molecule has 0 saturated carbocycles. The van der Waals surface area contributed by atoms with Crippen LogP contribution >= 0.6 is 11.3 Å². The highest BCUT2D eigenvalue weighted by Crippen LogP contribution is 2.07. The Hall–Kier alpha value is -1.09. The van der Waals surface area contributed by atoms with Crippen LogP contribution in [0.2, 0.25) is 0 Å². The van der Waals surface area contributed by atoms with Crippen molar-refractivity contribution in [3.05, 3.63) is 41.1 Å². The van der Waals surface area contributed by atoms with Gasteiger partial charge in [-0.2, -0.15) is 0 Å². The Balaban J connectivity index is 2.14. The summed E-state index contributed by atoms with van der Waals surface area (Å²) in [5, 5.41) is 0. The fourth-order valence-corrected chi connectivity index (χ4v) is 1.58. The van der Waals surface area contributed by atoms with Crippen LogP contribution in [0.1, 0.15) is 4.88 Å². The zero-order valence-electron chi connectivity index (χ0n) is 5.97. The number of hydrogen-bond acceptors (Lipinski definition) is 2. The third kappa shape index (κ3) is 1.49. The molecule has 0 aliphatic heterocycles. The summed E-state index contributed by atoms with van der Waals surface area (Å²) >= 11 is 1.69. The first kappa shape index (κ1) is 6.61. The lowest BCUT2D eigenvalue weighted by Gasteiger charge is -1.96. The number of hydrogen-bond donors (Lipinski definition) is 0. The SMILES string of the molecule is c1ccn(Cc2cncs2)c1. The lowest BCUT2D eigenvalue weighted by atomic mass is 10.5. The molecule has 0 saturated heterocycles. The minimum Gasteiger partial charge on any atom is -0.349 e. The molecule has 0 amide bonds. The van der Waals surface area contributed by atoms with Crippen LogP contribution in [0.4, 0.5) is 0 Å². The van der Waals surface area contributed by atoms with E-state index in [4.69, 9.17) is 0 Å². The summed E-state index contributed by atoms with van der Waals surface area (Å²) in [7, 11) is 0. The minimum atomic E-state index is 0.942. The highest BCUT2D eigenvalue weighted by atomic mass is 32.1. The van der Waals surface area contributed by atoms with Gasteiger partial charge in [0, 0.05) is 23.5 Å². The highest BCUT2D eigenvalue weighted by molar-refractivity contribution is 7.09. The van der Waals surface area contributed by atoms with Crippen LogP contribution in [0.3, 0.4) is 0 Å². The van der Waals surface area contributed by atoms with Crippen LogP contribution in [0.5, 0.6) is 0 Å². The molecule has 0 aliphatic carbocycles. The number of aromatic nitrogens is 2. The molecule has 2 rings (SSSR count). The van der Waals surface area contributed by atoms with Gasteiger partial charge in [0.15, 0.2) is 0 Å². The Morgan fingerprint density at radius 1 is 1.36 bits per heavy atom. The maximum absolute atomic E-state index is 4.01. The maximum Gasteiger partial charge on any atom is 0.0794 e. The van der Waals surface area contributed by atoms with Crippen molar-refractivity contribution in [3.63, 3.8) is 0 Å². The molecule has 2 heterocycles. The van der Waals surface area contributed by atoms with Crippen molar-refractivity contribution < 1.29 is 0 Å². The second kappa shape index (κ2) is 2.88. The van der Waals surface area contributed by atoms with Gasteiger partial charge in [0.05, 0.1) is 12.1 Å². The Bertz CT molecular complexity index is 264. The van der Waals surface area contributed by atoms with Gasteiger partial charge >= 0.3 is 0 Å². The largest absolute Gasteiger partial charge is 0.349 e. The third-order valence-corrected chi connectivity index (χ3v) is 2.25. The van der Waals surface area contributed by atoms with E-state index < -0.39 is 0 Å². The summed E-state index contributed by atoms with van der Waals surface area (Å²) < 4.78 is 2.13. The molecule has 2 aromatic heterocycles. The van der Waals surface area contributed by atoms with Gasteiger partial charge in [-0.05, 0) is 12.1 Å². The molecule has 0 fully saturated rings. The van der Waals surface area contributed by atoms with Crippen LogP contribution in [0.25, 0.3) is 0 Å². The van der Waals surface area contributed by atoms with Crippen molar-refractivity contribution in [2.24, 2.45) is 0 Å². The van der Waals surface area contributed by atoms with E-state index in [9.17, 15) is 0 Å². The summed E-state index contributed by atoms with van der Waals surface area (Å²) in [6, 6.07) is 4.06. The van der Waals surface area contributed by atoms with Crippen molar-refractivity contribution >= 4 is 11.3 Å². The summed E-state index contributed by atoms with van der Waals surface area (Å²) in [5.41, 5.74) is 1.86. The predicted octanol–water partition coefficient (Wildman–Crippen LogP) is 1.99. The first-order valence-electron chi connectivity index (χ1n) is 3.43. The molecule has 11 heavy (non-hydrogen) atoms. The molecular formula is C8H8N2S. The Labute approximate surface area is 69.1 Å². The van der Waals surface area contributed by atoms with E-state index in [1.165, 1.54) is 4.88 Å². The van der Waals surface area contributed by atoms with Gasteiger partial charge in [-0.1, -0.05) is 0 Å². The normalized spacial score (nSPS) is 10.2. The fraction of sp³-hybridized carbons (Fsp3) is 0.125. The van der Waals surface area contributed by atoms with Gasteiger partial charge < -0.3 is 4.57 Å². The van der Waals surface area contributed by atoms with Gasteiger partial charge in [-0.15, -0.1) is 11.3 Å². The first-order valence-corrected chi connectivity index (χ1v) is 4.31. The van der Waals surface area contributed by atoms with E-state index in [-0.39, 0.29) is 0 Å². The summed E-state index contributed by atoms with van der Waals surface area (Å²) in [4.78, 5) is 5.30. The van der Waals surface area contributed by atoms with Gasteiger partial charge in [0.25, 0.3) is 0 Å². The van der Waals surface area contributed by atoms with Crippen molar-refractivity contribution in [3.8, 4) is 0 Å². The number of thiazole rings is 1. The molecule has 2 aromatic rings. The highest BCUT2D eigenvalue weighted by Gasteiger charge is 1.93. The molecule has 0 N–H and O–H groups in total. The van der Waals surface area contributed by atoms with E-state index in [1.54, 1.807) is 11.3 Å². The van der Waals surface area contributed by atoms with Crippen molar-refractivity contribution in [2.75, 3.05) is 0 Å². The fourth-order valence-electron chi connectivity index (χ4n) is 0.976. The third-order valence-electron chi connectivity index (χ3n) is 1.49. The van der Waals surface area contributed by atoms with Crippen LogP contribution in [0, 0.1) is 0 Å². The monoisotopic (exact) mass is 164 g/mol. The quantitative estimate of drug-likeness (QED) is 0.663. The zero-order chi connectivity index (χ0) is 7.52. The Morgan fingerprint density at radius 2 is 2.18 bits per heavy atom. The molecular weight excluding hydrogens is 156 g/mol. The van der Waals surface area contributed by atoms with Gasteiger partial charge in [-0.25, -0.2) is 0 Å². The van der Waals surface area contributed by atoms with Crippen molar-refractivity contribution in [1.82, 2.24) is 9.55 Å². The standard InChI is InChI=1S/C8H8N2S/c1-2-4-10(3-1)6-8-5-9-7-11-8/h1-5,7H,6H2. The van der Waals surface area contributed by atoms with E-state index in [0.29, 0.717) is 0 Å². The predicted molar refractivity (Wildman–Crippen MR) is 45.6 cm³/mol. The van der Waals surface area contributed by atoms with Gasteiger partial charge in [-0.3, -0.25) is 4.98 Å². The molecule has 0 bridgehead atoms. The molecule has 0 atom stereocenters. The summed E-state index contributed by atoms with van der Waals surface area (Å²) in [6.07, 6.45) is 6.02. The zero-order valence-corrected chi connectivity index (χ0v) is 6.79. The average Bonchev–Trinajstić information content (AvgIpc) is 2.60. The minimum absolute atomic E-state index is 0.942. The van der Waals surface area contributed by atoms with E-state index in [1.807, 2.05) is 23.8 Å². The average molecular weight is 164 g/mol. The Morgan fingerprint density at radius 3 is 2.82 bits per heavy atom. The molecule has 0 aromatic carbocycles. The van der Waals surface area contributed by atoms with Crippen LogP contribution in [0.15, 0.2) is 36.2 Å².